The van der Waals surface area contributed by atoms with Gasteiger partial charge in [-0.2, -0.15) is 0 Å². The number of sulfonamides is 1. The van der Waals surface area contributed by atoms with Gasteiger partial charge in [0, 0.05) is 0 Å². The minimum Gasteiger partial charge on any atom is -0.493 e. The molecular weight excluding hydrogens is 479 g/mol. The van der Waals surface area contributed by atoms with Crippen molar-refractivity contribution in [3.63, 3.8) is 0 Å². The minimum atomic E-state index is -4.91. The molecule has 0 aliphatic carbocycles. The maximum Gasteiger partial charge on any atom is 0.573 e. The van der Waals surface area contributed by atoms with Crippen molar-refractivity contribution < 1.29 is 45.3 Å². The van der Waals surface area contributed by atoms with Crippen molar-refractivity contribution >= 4 is 16.0 Å². The van der Waals surface area contributed by atoms with Crippen molar-refractivity contribution in [3.05, 3.63) is 48.0 Å². The smallest absolute Gasteiger partial charge is 0.493 e. The molecule has 1 N–H and O–H groups in total. The van der Waals surface area contributed by atoms with E-state index in [0.29, 0.717) is 17.1 Å². The molecule has 2 rings (SSSR count). The van der Waals surface area contributed by atoms with Gasteiger partial charge in [0.25, 0.3) is 0 Å². The number of alkyl halides is 3. The van der Waals surface area contributed by atoms with E-state index in [1.165, 1.54) is 13.2 Å². The number of benzene rings is 2. The Morgan fingerprint density at radius 2 is 1.71 bits per heavy atom. The summed E-state index contributed by atoms with van der Waals surface area (Å²) in [7, 11) is -2.83. The fraction of sp³-hybridized carbons (Fsp3) is 0.409. The SMILES string of the molecule is CCOC(=O)C[C@@H](NS(=O)(=O)c1ccc(OC(F)(F)F)cc1)c1ccc(OC(C)C)c(OC)c1. The normalized spacial score (nSPS) is 12.8. The Morgan fingerprint density at radius 1 is 1.06 bits per heavy atom. The van der Waals surface area contributed by atoms with Crippen LogP contribution in [0, 0.1) is 0 Å². The van der Waals surface area contributed by atoms with Crippen molar-refractivity contribution in [2.24, 2.45) is 0 Å². The number of nitrogens with one attached hydrogen (secondary N) is 1. The second-order valence-electron chi connectivity index (χ2n) is 7.28. The van der Waals surface area contributed by atoms with E-state index in [0.717, 1.165) is 24.3 Å². The van der Waals surface area contributed by atoms with Crippen molar-refractivity contribution in [3.8, 4) is 17.2 Å². The molecule has 1 atom stereocenters. The average molecular weight is 506 g/mol. The average Bonchev–Trinajstić information content (AvgIpc) is 2.72. The van der Waals surface area contributed by atoms with Crippen LogP contribution in [0.25, 0.3) is 0 Å². The molecule has 0 unspecified atom stereocenters. The van der Waals surface area contributed by atoms with E-state index in [1.54, 1.807) is 19.1 Å². The Bertz CT molecular complexity index is 1070. The molecule has 0 radical (unpaired) electrons. The number of carbonyl (C=O) groups excluding carboxylic acids is 1. The Balaban J connectivity index is 2.36. The summed E-state index contributed by atoms with van der Waals surface area (Å²) >= 11 is 0. The zero-order valence-corrected chi connectivity index (χ0v) is 19.8. The van der Waals surface area contributed by atoms with Crippen LogP contribution in [0.15, 0.2) is 47.4 Å². The first-order valence-corrected chi connectivity index (χ1v) is 11.7. The summed E-state index contributed by atoms with van der Waals surface area (Å²) < 4.78 is 85.1. The predicted octanol–water partition coefficient (Wildman–Crippen LogP) is 4.35. The van der Waals surface area contributed by atoms with Gasteiger partial charge in [-0.1, -0.05) is 6.07 Å². The lowest BCUT2D eigenvalue weighted by molar-refractivity contribution is -0.274. The predicted molar refractivity (Wildman–Crippen MR) is 116 cm³/mol. The van der Waals surface area contributed by atoms with Gasteiger partial charge in [-0.25, -0.2) is 13.1 Å². The molecule has 188 valence electrons. The van der Waals surface area contributed by atoms with Gasteiger partial charge in [0.1, 0.15) is 5.75 Å². The van der Waals surface area contributed by atoms with Gasteiger partial charge in [-0.15, -0.1) is 13.2 Å². The molecule has 0 heterocycles. The fourth-order valence-corrected chi connectivity index (χ4v) is 4.17. The van der Waals surface area contributed by atoms with Crippen molar-refractivity contribution in [2.45, 2.75) is 50.6 Å². The number of esters is 1. The van der Waals surface area contributed by atoms with Gasteiger partial charge in [0.2, 0.25) is 10.0 Å². The van der Waals surface area contributed by atoms with Crippen molar-refractivity contribution in [1.82, 2.24) is 4.72 Å². The molecule has 34 heavy (non-hydrogen) atoms. The second kappa shape index (κ2) is 11.4. The molecule has 0 aliphatic heterocycles. The molecule has 0 spiro atoms. The summed E-state index contributed by atoms with van der Waals surface area (Å²) in [6, 6.07) is 7.32. The molecule has 0 fully saturated rings. The number of methoxy groups -OCH3 is 1. The molecule has 0 saturated heterocycles. The molecule has 0 saturated carbocycles. The van der Waals surface area contributed by atoms with Crippen LogP contribution in [0.4, 0.5) is 13.2 Å². The van der Waals surface area contributed by atoms with Gasteiger partial charge in [0.05, 0.1) is 37.2 Å². The number of ether oxygens (including phenoxy) is 4. The van der Waals surface area contributed by atoms with Crippen molar-refractivity contribution in [2.75, 3.05) is 13.7 Å². The van der Waals surface area contributed by atoms with Crippen LogP contribution in [-0.4, -0.2) is 40.6 Å². The number of halogens is 3. The third-order valence-electron chi connectivity index (χ3n) is 4.29. The summed E-state index contributed by atoms with van der Waals surface area (Å²) in [6.45, 7) is 5.37. The third-order valence-corrected chi connectivity index (χ3v) is 5.78. The highest BCUT2D eigenvalue weighted by atomic mass is 32.2. The van der Waals surface area contributed by atoms with Crippen LogP contribution in [0.2, 0.25) is 0 Å². The Labute approximate surface area is 196 Å². The Kier molecular flexibility index (Phi) is 9.16. The van der Waals surface area contributed by atoms with E-state index in [9.17, 15) is 26.4 Å². The van der Waals surface area contributed by atoms with E-state index in [2.05, 4.69) is 9.46 Å². The van der Waals surface area contributed by atoms with E-state index in [4.69, 9.17) is 14.2 Å². The summed E-state index contributed by atoms with van der Waals surface area (Å²) in [4.78, 5) is 11.8. The molecule has 0 amide bonds. The van der Waals surface area contributed by atoms with E-state index >= 15 is 0 Å². The van der Waals surface area contributed by atoms with Crippen LogP contribution in [0.5, 0.6) is 17.2 Å². The lowest BCUT2D eigenvalue weighted by Crippen LogP contribution is -2.31. The highest BCUT2D eigenvalue weighted by Crippen LogP contribution is 2.33. The van der Waals surface area contributed by atoms with Crippen LogP contribution in [0.1, 0.15) is 38.8 Å². The molecule has 0 aliphatic rings. The molecule has 2 aromatic rings. The van der Waals surface area contributed by atoms with Gasteiger partial charge in [0.15, 0.2) is 11.5 Å². The van der Waals surface area contributed by atoms with Crippen LogP contribution in [-0.2, 0) is 19.6 Å². The highest BCUT2D eigenvalue weighted by molar-refractivity contribution is 7.89. The van der Waals surface area contributed by atoms with E-state index < -0.39 is 34.1 Å². The Morgan fingerprint density at radius 3 is 2.24 bits per heavy atom. The topological polar surface area (TPSA) is 100 Å². The highest BCUT2D eigenvalue weighted by Gasteiger charge is 2.31. The largest absolute Gasteiger partial charge is 0.573 e. The molecule has 2 aromatic carbocycles. The lowest BCUT2D eigenvalue weighted by atomic mass is 10.0. The molecule has 8 nitrogen and oxygen atoms in total. The number of rotatable bonds is 11. The minimum absolute atomic E-state index is 0.101. The van der Waals surface area contributed by atoms with Gasteiger partial charge < -0.3 is 18.9 Å². The monoisotopic (exact) mass is 505 g/mol. The zero-order chi connectivity index (χ0) is 25.5. The molecule has 0 aromatic heterocycles. The standard InChI is InChI=1S/C22H26F3NO7S/c1-5-31-21(27)13-18(15-6-11-19(32-14(2)3)20(12-15)30-4)26-34(28,29)17-9-7-16(8-10-17)33-22(23,24)25/h6-12,14,18,26H,5,13H2,1-4H3/t18-/m1/s1. The second-order valence-corrected chi connectivity index (χ2v) is 8.99. The maximum atomic E-state index is 12.9. The van der Waals surface area contributed by atoms with Crippen molar-refractivity contribution in [1.29, 1.82) is 0 Å². The first-order valence-electron chi connectivity index (χ1n) is 10.2. The van der Waals surface area contributed by atoms with Crippen LogP contribution in [0.3, 0.4) is 0 Å². The van der Waals surface area contributed by atoms with Crippen LogP contribution >= 0.6 is 0 Å². The molecule has 12 heteroatoms. The number of hydrogen-bond acceptors (Lipinski definition) is 7. The fourth-order valence-electron chi connectivity index (χ4n) is 2.94. The zero-order valence-electron chi connectivity index (χ0n) is 19.0. The molecule has 0 bridgehead atoms. The summed E-state index contributed by atoms with van der Waals surface area (Å²) in [6.07, 6.45) is -5.39. The summed E-state index contributed by atoms with van der Waals surface area (Å²) in [5.74, 6) is -0.460. The lowest BCUT2D eigenvalue weighted by Gasteiger charge is -2.21. The molecular formula is C22H26F3NO7S. The summed E-state index contributed by atoms with van der Waals surface area (Å²) in [5.41, 5.74) is 0.390. The number of hydrogen-bond donors (Lipinski definition) is 1. The maximum absolute atomic E-state index is 12.9. The van der Waals surface area contributed by atoms with Gasteiger partial charge in [-0.3, -0.25) is 4.79 Å². The van der Waals surface area contributed by atoms with Gasteiger partial charge >= 0.3 is 12.3 Å². The number of carbonyl (C=O) groups is 1. The van der Waals surface area contributed by atoms with E-state index in [-0.39, 0.29) is 24.0 Å². The van der Waals surface area contributed by atoms with E-state index in [1.807, 2.05) is 13.8 Å². The Hall–Kier alpha value is -2.99. The van der Waals surface area contributed by atoms with Crippen LogP contribution < -0.4 is 18.9 Å². The third kappa shape index (κ3) is 8.10. The van der Waals surface area contributed by atoms with Gasteiger partial charge in [-0.05, 0) is 62.7 Å². The first-order chi connectivity index (χ1) is 15.8. The quantitative estimate of drug-likeness (QED) is 0.453. The first kappa shape index (κ1) is 27.3. The summed E-state index contributed by atoms with van der Waals surface area (Å²) in [5, 5.41) is 0.